The molecule has 0 bridgehead atoms. The van der Waals surface area contributed by atoms with E-state index in [4.69, 9.17) is 4.74 Å². The van der Waals surface area contributed by atoms with E-state index in [0.717, 1.165) is 25.7 Å². The fourth-order valence-electron chi connectivity index (χ4n) is 6.13. The van der Waals surface area contributed by atoms with Crippen LogP contribution in [0.3, 0.4) is 0 Å². The van der Waals surface area contributed by atoms with E-state index in [9.17, 15) is 15.0 Å². The van der Waals surface area contributed by atoms with Crippen molar-refractivity contribution in [1.29, 1.82) is 0 Å². The first-order valence-corrected chi connectivity index (χ1v) is 9.45. The average Bonchev–Trinajstić information content (AvgIpc) is 2.75. The summed E-state index contributed by atoms with van der Waals surface area (Å²) in [6.07, 6.45) is 1.50. The van der Waals surface area contributed by atoms with Crippen molar-refractivity contribution in [2.24, 2.45) is 17.3 Å². The van der Waals surface area contributed by atoms with Gasteiger partial charge in [-0.2, -0.15) is 0 Å². The number of aliphatic hydroxyl groups excluding tert-OH is 2. The minimum Gasteiger partial charge on any atom is -0.459 e. The molecule has 1 aromatic carbocycles. The van der Waals surface area contributed by atoms with Crippen LogP contribution >= 0.6 is 0 Å². The number of hydrogen-bond donors (Lipinski definition) is 2. The molecule has 4 unspecified atom stereocenters. The van der Waals surface area contributed by atoms with Crippen molar-refractivity contribution >= 4 is 5.97 Å². The molecule has 136 valence electrons. The van der Waals surface area contributed by atoms with Crippen molar-refractivity contribution in [2.75, 3.05) is 0 Å². The summed E-state index contributed by atoms with van der Waals surface area (Å²) >= 11 is 0. The second-order valence-electron chi connectivity index (χ2n) is 8.59. The lowest BCUT2D eigenvalue weighted by Gasteiger charge is -2.50. The van der Waals surface area contributed by atoms with Crippen LogP contribution in [-0.4, -0.2) is 34.5 Å². The molecule has 4 rings (SSSR count). The fraction of sp³-hybridized carbons (Fsp3) is 0.667. The molecule has 2 fully saturated rings. The molecule has 2 saturated carbocycles. The highest BCUT2D eigenvalue weighted by atomic mass is 16.6. The number of hydrogen-bond acceptors (Lipinski definition) is 4. The molecule has 7 atom stereocenters. The predicted octanol–water partition coefficient (Wildman–Crippen LogP) is 2.72. The molecule has 1 aromatic rings. The number of aliphatic hydroxyl groups is 2. The maximum atomic E-state index is 11.5. The minimum atomic E-state index is -0.989. The summed E-state index contributed by atoms with van der Waals surface area (Å²) < 4.78 is 5.48. The van der Waals surface area contributed by atoms with E-state index in [1.54, 1.807) is 0 Å². The van der Waals surface area contributed by atoms with Crippen molar-refractivity contribution in [1.82, 2.24) is 0 Å². The number of esters is 1. The zero-order chi connectivity index (χ0) is 17.9. The Morgan fingerprint density at radius 1 is 1.24 bits per heavy atom. The summed E-state index contributed by atoms with van der Waals surface area (Å²) in [5.41, 5.74) is 3.80. The maximum Gasteiger partial charge on any atom is 0.303 e. The predicted molar refractivity (Wildman–Crippen MR) is 94.1 cm³/mol. The number of benzene rings is 1. The molecular weight excluding hydrogens is 316 g/mol. The summed E-state index contributed by atoms with van der Waals surface area (Å²) in [5.74, 6) is 0.351. The Morgan fingerprint density at radius 3 is 2.72 bits per heavy atom. The molecule has 0 saturated heterocycles. The van der Waals surface area contributed by atoms with Crippen molar-refractivity contribution in [3.05, 3.63) is 34.9 Å². The number of rotatable bonds is 1. The molecule has 4 nitrogen and oxygen atoms in total. The largest absolute Gasteiger partial charge is 0.459 e. The summed E-state index contributed by atoms with van der Waals surface area (Å²) in [7, 11) is 0. The van der Waals surface area contributed by atoms with Crippen molar-refractivity contribution in [3.63, 3.8) is 0 Å². The van der Waals surface area contributed by atoms with Gasteiger partial charge in [0.15, 0.2) is 0 Å². The van der Waals surface area contributed by atoms with E-state index < -0.39 is 18.3 Å². The second-order valence-corrected chi connectivity index (χ2v) is 8.59. The van der Waals surface area contributed by atoms with Crippen molar-refractivity contribution < 1.29 is 19.7 Å². The number of carbonyl (C=O) groups is 1. The van der Waals surface area contributed by atoms with Gasteiger partial charge in [0.2, 0.25) is 0 Å². The fourth-order valence-corrected chi connectivity index (χ4v) is 6.13. The molecule has 0 aliphatic heterocycles. The van der Waals surface area contributed by atoms with Crippen LogP contribution in [0.1, 0.15) is 55.7 Å². The van der Waals surface area contributed by atoms with Crippen LogP contribution in [0.25, 0.3) is 0 Å². The molecular formula is C21H28O4. The summed E-state index contributed by atoms with van der Waals surface area (Å²) in [6, 6.07) is 6.73. The molecule has 3 aliphatic carbocycles. The summed E-state index contributed by atoms with van der Waals surface area (Å²) in [4.78, 5) is 11.5. The molecule has 0 radical (unpaired) electrons. The normalized spacial score (nSPS) is 42.3. The van der Waals surface area contributed by atoms with Gasteiger partial charge in [0.25, 0.3) is 0 Å². The highest BCUT2D eigenvalue weighted by Crippen LogP contribution is 2.61. The number of ether oxygens (including phenoxy) is 1. The average molecular weight is 344 g/mol. The first kappa shape index (κ1) is 17.0. The molecule has 0 spiro atoms. The lowest BCUT2D eigenvalue weighted by atomic mass is 9.55. The molecule has 4 heteroatoms. The smallest absolute Gasteiger partial charge is 0.303 e. The first-order valence-electron chi connectivity index (χ1n) is 9.45. The topological polar surface area (TPSA) is 66.8 Å². The van der Waals surface area contributed by atoms with E-state index in [0.29, 0.717) is 11.8 Å². The Balaban J connectivity index is 1.70. The van der Waals surface area contributed by atoms with Gasteiger partial charge < -0.3 is 14.9 Å². The second kappa shape index (κ2) is 5.82. The Bertz CT molecular complexity index is 699. The number of carbonyl (C=O) groups excluding carboxylic acids is 1. The quantitative estimate of drug-likeness (QED) is 0.769. The maximum absolute atomic E-state index is 11.5. The lowest BCUT2D eigenvalue weighted by Crippen LogP contribution is -2.47. The van der Waals surface area contributed by atoms with Crippen LogP contribution in [0.4, 0.5) is 0 Å². The Morgan fingerprint density at radius 2 is 2.00 bits per heavy atom. The summed E-state index contributed by atoms with van der Waals surface area (Å²) in [5, 5.41) is 21.4. The number of fused-ring (bicyclic) bond motifs is 5. The van der Waals surface area contributed by atoms with Crippen LogP contribution in [-0.2, 0) is 16.0 Å². The standard InChI is InChI=1S/C21H28O4/c1-11-4-6-14-13(10-11)5-7-16-15(14)8-9-21(3)17(16)18(23)19(24)20(21)25-12(2)22/h4,6,10,15-20,23-24H,5,7-9H2,1-3H3/t15?,16?,17?,18?,19-,20+,21+/m1/s1. The van der Waals surface area contributed by atoms with Gasteiger partial charge in [-0.15, -0.1) is 0 Å². The Kier molecular flexibility index (Phi) is 3.97. The highest BCUT2D eigenvalue weighted by Gasteiger charge is 2.64. The third-order valence-electron chi connectivity index (χ3n) is 7.15. The van der Waals surface area contributed by atoms with Crippen LogP contribution in [0.2, 0.25) is 0 Å². The van der Waals surface area contributed by atoms with Crippen LogP contribution < -0.4 is 0 Å². The van der Waals surface area contributed by atoms with E-state index in [-0.39, 0.29) is 17.3 Å². The van der Waals surface area contributed by atoms with E-state index in [2.05, 4.69) is 32.0 Å². The van der Waals surface area contributed by atoms with E-state index in [1.165, 1.54) is 23.6 Å². The molecule has 0 aromatic heterocycles. The van der Waals surface area contributed by atoms with Crippen molar-refractivity contribution in [3.8, 4) is 0 Å². The minimum absolute atomic E-state index is 0.0277. The summed E-state index contributed by atoms with van der Waals surface area (Å²) in [6.45, 7) is 5.59. The SMILES string of the molecule is CC(=O)O[C@H]1[C@H](O)C(O)C2C3CCc4cc(C)ccc4C3CC[C@@]21C. The van der Waals surface area contributed by atoms with Gasteiger partial charge in [0.05, 0.1) is 6.10 Å². The zero-order valence-corrected chi connectivity index (χ0v) is 15.2. The van der Waals surface area contributed by atoms with E-state index >= 15 is 0 Å². The molecule has 0 amide bonds. The Labute approximate surface area is 149 Å². The van der Waals surface area contributed by atoms with Crippen LogP contribution in [0, 0.1) is 24.2 Å². The number of aryl methyl sites for hydroxylation is 2. The van der Waals surface area contributed by atoms with Gasteiger partial charge in [-0.3, -0.25) is 4.79 Å². The van der Waals surface area contributed by atoms with Crippen molar-refractivity contribution in [2.45, 2.75) is 70.7 Å². The van der Waals surface area contributed by atoms with Gasteiger partial charge in [-0.1, -0.05) is 30.7 Å². The molecule has 3 aliphatic rings. The Hall–Kier alpha value is -1.39. The van der Waals surface area contributed by atoms with Crippen LogP contribution in [0.5, 0.6) is 0 Å². The van der Waals surface area contributed by atoms with Gasteiger partial charge >= 0.3 is 5.97 Å². The molecule has 0 heterocycles. The monoisotopic (exact) mass is 344 g/mol. The highest BCUT2D eigenvalue weighted by molar-refractivity contribution is 5.66. The van der Waals surface area contributed by atoms with Gasteiger partial charge in [-0.25, -0.2) is 0 Å². The van der Waals surface area contributed by atoms with E-state index in [1.807, 2.05) is 0 Å². The first-order chi connectivity index (χ1) is 11.8. The van der Waals surface area contributed by atoms with Gasteiger partial charge in [-0.05, 0) is 61.5 Å². The molecule has 2 N–H and O–H groups in total. The third-order valence-corrected chi connectivity index (χ3v) is 7.15. The van der Waals surface area contributed by atoms with Gasteiger partial charge in [0, 0.05) is 12.3 Å². The third kappa shape index (κ3) is 2.45. The van der Waals surface area contributed by atoms with Gasteiger partial charge in [0.1, 0.15) is 12.2 Å². The molecule has 25 heavy (non-hydrogen) atoms. The lowest BCUT2D eigenvalue weighted by molar-refractivity contribution is -0.161. The van der Waals surface area contributed by atoms with Crippen LogP contribution in [0.15, 0.2) is 18.2 Å². The zero-order valence-electron chi connectivity index (χ0n) is 15.2.